The Hall–Kier alpha value is -3.51. The standard InChI is InChI=1S/C27H30N6/c1-19-8-6-14-28-26(19)30-22-12-13-24(29-17-22)25-11-7-15-33(25)18-21-16-20-9-4-5-10-23(20)31-27(21)32(2)3/h4-6,8-10,12-14,16-17,25H,7,11,15,18H2,1-3H3,(H,28,30). The first-order valence-corrected chi connectivity index (χ1v) is 11.5. The molecule has 0 bridgehead atoms. The van der Waals surface area contributed by atoms with E-state index in [1.165, 1.54) is 17.4 Å². The topological polar surface area (TPSA) is 57.2 Å². The van der Waals surface area contributed by atoms with Gasteiger partial charge in [0.15, 0.2) is 0 Å². The van der Waals surface area contributed by atoms with E-state index < -0.39 is 0 Å². The molecule has 1 aliphatic heterocycles. The molecule has 6 heteroatoms. The molecule has 33 heavy (non-hydrogen) atoms. The van der Waals surface area contributed by atoms with Crippen molar-refractivity contribution < 1.29 is 0 Å². The van der Waals surface area contributed by atoms with Gasteiger partial charge in [-0.2, -0.15) is 0 Å². The van der Waals surface area contributed by atoms with Gasteiger partial charge in [-0.25, -0.2) is 9.97 Å². The average molecular weight is 439 g/mol. The maximum absolute atomic E-state index is 4.94. The molecule has 6 nitrogen and oxygen atoms in total. The molecule has 0 spiro atoms. The number of anilines is 3. The molecule has 5 rings (SSSR count). The van der Waals surface area contributed by atoms with E-state index in [4.69, 9.17) is 9.97 Å². The van der Waals surface area contributed by atoms with Crippen molar-refractivity contribution >= 4 is 28.2 Å². The van der Waals surface area contributed by atoms with Gasteiger partial charge in [-0.1, -0.05) is 24.3 Å². The molecule has 0 amide bonds. The van der Waals surface area contributed by atoms with Crippen LogP contribution in [0, 0.1) is 6.92 Å². The van der Waals surface area contributed by atoms with Crippen molar-refractivity contribution in [2.24, 2.45) is 0 Å². The van der Waals surface area contributed by atoms with E-state index in [0.717, 1.165) is 53.6 Å². The monoisotopic (exact) mass is 438 g/mol. The normalized spacial score (nSPS) is 16.3. The minimum atomic E-state index is 0.317. The van der Waals surface area contributed by atoms with Crippen LogP contribution in [-0.4, -0.2) is 40.5 Å². The molecule has 4 heterocycles. The van der Waals surface area contributed by atoms with Crippen molar-refractivity contribution in [1.82, 2.24) is 19.9 Å². The summed E-state index contributed by atoms with van der Waals surface area (Å²) >= 11 is 0. The Morgan fingerprint density at radius 3 is 2.73 bits per heavy atom. The van der Waals surface area contributed by atoms with Crippen LogP contribution >= 0.6 is 0 Å². The number of benzene rings is 1. The number of pyridine rings is 3. The second kappa shape index (κ2) is 9.16. The largest absolute Gasteiger partial charge is 0.362 e. The number of hydrogen-bond acceptors (Lipinski definition) is 6. The van der Waals surface area contributed by atoms with Crippen molar-refractivity contribution in [3.05, 3.63) is 83.8 Å². The van der Waals surface area contributed by atoms with Crippen LogP contribution in [0.4, 0.5) is 17.3 Å². The van der Waals surface area contributed by atoms with E-state index in [2.05, 4.69) is 83.6 Å². The third-order valence-corrected chi connectivity index (χ3v) is 6.34. The Morgan fingerprint density at radius 2 is 1.94 bits per heavy atom. The van der Waals surface area contributed by atoms with Gasteiger partial charge in [0, 0.05) is 37.8 Å². The maximum atomic E-state index is 4.94. The zero-order chi connectivity index (χ0) is 22.8. The highest BCUT2D eigenvalue weighted by molar-refractivity contribution is 5.81. The molecular formula is C27H30N6. The molecule has 0 saturated carbocycles. The van der Waals surface area contributed by atoms with Gasteiger partial charge < -0.3 is 10.2 Å². The van der Waals surface area contributed by atoms with Gasteiger partial charge in [-0.05, 0) is 62.2 Å². The summed E-state index contributed by atoms with van der Waals surface area (Å²) in [5.41, 5.74) is 5.49. The number of nitrogens with one attached hydrogen (secondary N) is 1. The van der Waals surface area contributed by atoms with Gasteiger partial charge in [0.2, 0.25) is 0 Å². The smallest absolute Gasteiger partial charge is 0.133 e. The zero-order valence-electron chi connectivity index (χ0n) is 19.5. The minimum absolute atomic E-state index is 0.317. The molecular weight excluding hydrogens is 408 g/mol. The maximum Gasteiger partial charge on any atom is 0.133 e. The first-order chi connectivity index (χ1) is 16.1. The summed E-state index contributed by atoms with van der Waals surface area (Å²) in [5.74, 6) is 1.91. The Kier molecular flexibility index (Phi) is 5.92. The molecule has 0 aliphatic carbocycles. The van der Waals surface area contributed by atoms with Gasteiger partial charge in [-0.3, -0.25) is 9.88 Å². The van der Waals surface area contributed by atoms with Crippen LogP contribution in [0.25, 0.3) is 10.9 Å². The molecule has 0 radical (unpaired) electrons. The summed E-state index contributed by atoms with van der Waals surface area (Å²) < 4.78 is 0. The SMILES string of the molecule is Cc1cccnc1Nc1ccc(C2CCCN2Cc2cc3ccccc3nc2N(C)C)nc1. The predicted molar refractivity (Wildman–Crippen MR) is 135 cm³/mol. The number of nitrogens with zero attached hydrogens (tertiary/aromatic N) is 5. The number of aryl methyl sites for hydroxylation is 1. The van der Waals surface area contributed by atoms with E-state index in [1.54, 1.807) is 6.20 Å². The molecule has 1 aromatic carbocycles. The lowest BCUT2D eigenvalue weighted by molar-refractivity contribution is 0.244. The van der Waals surface area contributed by atoms with Crippen LogP contribution < -0.4 is 10.2 Å². The van der Waals surface area contributed by atoms with E-state index in [0.29, 0.717) is 6.04 Å². The number of fused-ring (bicyclic) bond motifs is 1. The lowest BCUT2D eigenvalue weighted by Crippen LogP contribution is -2.25. The molecule has 1 aliphatic rings. The van der Waals surface area contributed by atoms with Crippen LogP contribution in [-0.2, 0) is 6.54 Å². The number of rotatable bonds is 6. The third kappa shape index (κ3) is 4.52. The van der Waals surface area contributed by atoms with Crippen LogP contribution in [0.5, 0.6) is 0 Å². The quantitative estimate of drug-likeness (QED) is 0.430. The molecule has 1 fully saturated rings. The summed E-state index contributed by atoms with van der Waals surface area (Å²) in [4.78, 5) is 18.8. The summed E-state index contributed by atoms with van der Waals surface area (Å²) in [5, 5.41) is 4.56. The molecule has 3 aromatic heterocycles. The first-order valence-electron chi connectivity index (χ1n) is 11.5. The second-order valence-corrected chi connectivity index (χ2v) is 8.95. The van der Waals surface area contributed by atoms with Gasteiger partial charge >= 0.3 is 0 Å². The molecule has 168 valence electrons. The van der Waals surface area contributed by atoms with Crippen molar-refractivity contribution in [1.29, 1.82) is 0 Å². The van der Waals surface area contributed by atoms with E-state index in [9.17, 15) is 0 Å². The average Bonchev–Trinajstić information content (AvgIpc) is 3.28. The first kappa shape index (κ1) is 21.3. The van der Waals surface area contributed by atoms with Crippen molar-refractivity contribution in [3.63, 3.8) is 0 Å². The third-order valence-electron chi connectivity index (χ3n) is 6.34. The van der Waals surface area contributed by atoms with E-state index in [-0.39, 0.29) is 0 Å². The number of aromatic nitrogens is 3. The van der Waals surface area contributed by atoms with Gasteiger partial charge in [0.1, 0.15) is 11.6 Å². The highest BCUT2D eigenvalue weighted by atomic mass is 15.2. The fourth-order valence-electron chi connectivity index (χ4n) is 4.65. The fourth-order valence-corrected chi connectivity index (χ4v) is 4.65. The van der Waals surface area contributed by atoms with Crippen molar-refractivity contribution in [3.8, 4) is 0 Å². The van der Waals surface area contributed by atoms with Crippen LogP contribution in [0.1, 0.15) is 35.7 Å². The summed E-state index contributed by atoms with van der Waals surface area (Å²) in [7, 11) is 4.14. The molecule has 1 atom stereocenters. The number of likely N-dealkylation sites (tertiary alicyclic amines) is 1. The van der Waals surface area contributed by atoms with Crippen molar-refractivity contribution in [2.45, 2.75) is 32.4 Å². The lowest BCUT2D eigenvalue weighted by atomic mass is 10.1. The van der Waals surface area contributed by atoms with Crippen LogP contribution in [0.15, 0.2) is 67.0 Å². The lowest BCUT2D eigenvalue weighted by Gasteiger charge is -2.26. The van der Waals surface area contributed by atoms with E-state index >= 15 is 0 Å². The predicted octanol–water partition coefficient (Wildman–Crippen LogP) is 5.48. The molecule has 1 saturated heterocycles. The minimum Gasteiger partial charge on any atom is -0.362 e. The highest BCUT2D eigenvalue weighted by Crippen LogP contribution is 2.34. The molecule has 4 aromatic rings. The Balaban J connectivity index is 1.36. The van der Waals surface area contributed by atoms with Gasteiger partial charge in [0.25, 0.3) is 0 Å². The van der Waals surface area contributed by atoms with Gasteiger partial charge in [-0.15, -0.1) is 0 Å². The number of para-hydroxylation sites is 1. The fraction of sp³-hybridized carbons (Fsp3) is 0.296. The summed E-state index contributed by atoms with van der Waals surface area (Å²) in [6, 6.07) is 19.2. The van der Waals surface area contributed by atoms with E-state index in [1.807, 2.05) is 18.3 Å². The van der Waals surface area contributed by atoms with Crippen molar-refractivity contribution in [2.75, 3.05) is 30.9 Å². The van der Waals surface area contributed by atoms with Crippen LogP contribution in [0.3, 0.4) is 0 Å². The number of hydrogen-bond donors (Lipinski definition) is 1. The highest BCUT2D eigenvalue weighted by Gasteiger charge is 2.28. The second-order valence-electron chi connectivity index (χ2n) is 8.95. The Morgan fingerprint density at radius 1 is 1.06 bits per heavy atom. The van der Waals surface area contributed by atoms with Gasteiger partial charge in [0.05, 0.1) is 29.1 Å². The van der Waals surface area contributed by atoms with Crippen LogP contribution in [0.2, 0.25) is 0 Å². The summed E-state index contributed by atoms with van der Waals surface area (Å²) in [6.07, 6.45) is 6.02. The Labute approximate surface area is 195 Å². The molecule has 1 N–H and O–H groups in total. The Bertz CT molecular complexity index is 1250. The zero-order valence-corrected chi connectivity index (χ0v) is 19.5. The summed E-state index contributed by atoms with van der Waals surface area (Å²) in [6.45, 7) is 3.99. The molecule has 1 unspecified atom stereocenters.